The zero-order valence-corrected chi connectivity index (χ0v) is 11.0. The molecule has 0 atom stereocenters. The zero-order valence-electron chi connectivity index (χ0n) is 11.0. The molecule has 19 heavy (non-hydrogen) atoms. The van der Waals surface area contributed by atoms with Gasteiger partial charge in [-0.15, -0.1) is 0 Å². The van der Waals surface area contributed by atoms with Gasteiger partial charge in [-0.3, -0.25) is 4.79 Å². The summed E-state index contributed by atoms with van der Waals surface area (Å²) < 4.78 is 14.7. The summed E-state index contributed by atoms with van der Waals surface area (Å²) in [4.78, 5) is 11.8. The monoisotopic (exact) mass is 262 g/mol. The summed E-state index contributed by atoms with van der Waals surface area (Å²) in [7, 11) is 0. The smallest absolute Gasteiger partial charge is 0.314 e. The Morgan fingerprint density at radius 3 is 2.53 bits per heavy atom. The van der Waals surface area contributed by atoms with Gasteiger partial charge in [-0.1, -0.05) is 31.4 Å². The molecule has 0 aliphatic heterocycles. The van der Waals surface area contributed by atoms with Crippen LogP contribution < -0.4 is 0 Å². The maximum Gasteiger partial charge on any atom is 0.314 e. The Bertz CT molecular complexity index is 516. The number of rotatable bonds is 2. The number of benzene rings is 1. The molecule has 0 heterocycles. The largest absolute Gasteiger partial charge is 0.481 e. The number of carboxylic acid groups (broad SMARTS) is 1. The molecule has 2 aliphatic carbocycles. The van der Waals surface area contributed by atoms with Crippen molar-refractivity contribution in [1.29, 1.82) is 0 Å². The molecule has 0 aromatic heterocycles. The van der Waals surface area contributed by atoms with E-state index in [0.717, 1.165) is 49.7 Å². The van der Waals surface area contributed by atoms with Crippen molar-refractivity contribution >= 4 is 5.97 Å². The van der Waals surface area contributed by atoms with Gasteiger partial charge in [0.05, 0.1) is 5.41 Å². The van der Waals surface area contributed by atoms with E-state index in [2.05, 4.69) is 0 Å². The number of hydrogen-bond donors (Lipinski definition) is 1. The number of carbonyl (C=O) groups is 1. The van der Waals surface area contributed by atoms with Gasteiger partial charge in [0.2, 0.25) is 0 Å². The second-order valence-electron chi connectivity index (χ2n) is 5.87. The minimum Gasteiger partial charge on any atom is -0.481 e. The Hall–Kier alpha value is -1.38. The van der Waals surface area contributed by atoms with Crippen LogP contribution in [-0.4, -0.2) is 11.1 Å². The first kappa shape index (κ1) is 12.6. The summed E-state index contributed by atoms with van der Waals surface area (Å²) in [5.41, 5.74) is 1.28. The first-order valence-electron chi connectivity index (χ1n) is 7.19. The number of aliphatic carboxylic acids is 1. The highest BCUT2D eigenvalue weighted by atomic mass is 19.1. The van der Waals surface area contributed by atoms with E-state index in [4.69, 9.17) is 0 Å². The molecular weight excluding hydrogens is 243 g/mol. The molecule has 0 bridgehead atoms. The van der Waals surface area contributed by atoms with E-state index in [-0.39, 0.29) is 5.82 Å². The van der Waals surface area contributed by atoms with Gasteiger partial charge in [0.15, 0.2) is 0 Å². The Morgan fingerprint density at radius 2 is 1.84 bits per heavy atom. The molecule has 1 aromatic carbocycles. The number of carboxylic acids is 1. The van der Waals surface area contributed by atoms with Crippen LogP contribution in [0.5, 0.6) is 0 Å². The second-order valence-corrected chi connectivity index (χ2v) is 5.87. The van der Waals surface area contributed by atoms with Crippen LogP contribution in [-0.2, 0) is 23.1 Å². The fourth-order valence-corrected chi connectivity index (χ4v) is 3.74. The number of hydrogen-bond acceptors (Lipinski definition) is 1. The molecular formula is C16H19FO2. The van der Waals surface area contributed by atoms with Crippen LogP contribution in [0.3, 0.4) is 0 Å². The Balaban J connectivity index is 2.11. The standard InChI is InChI=1S/C16H19FO2/c17-14-12-6-4-5-11(12)7-8-13(14)16(15(18)19)9-2-1-3-10-16/h7-8H,1-6,9-10H2,(H,18,19). The average Bonchev–Trinajstić information content (AvgIpc) is 2.89. The third kappa shape index (κ3) is 1.87. The van der Waals surface area contributed by atoms with Crippen LogP contribution in [0.2, 0.25) is 0 Å². The molecule has 0 spiro atoms. The van der Waals surface area contributed by atoms with E-state index in [0.29, 0.717) is 18.4 Å². The van der Waals surface area contributed by atoms with Crippen molar-refractivity contribution in [3.8, 4) is 0 Å². The highest BCUT2D eigenvalue weighted by Crippen LogP contribution is 2.42. The van der Waals surface area contributed by atoms with Crippen molar-refractivity contribution in [3.63, 3.8) is 0 Å². The van der Waals surface area contributed by atoms with Gasteiger partial charge in [0.25, 0.3) is 0 Å². The Morgan fingerprint density at radius 1 is 1.11 bits per heavy atom. The van der Waals surface area contributed by atoms with Crippen molar-refractivity contribution in [1.82, 2.24) is 0 Å². The first-order chi connectivity index (χ1) is 9.15. The Kier molecular flexibility index (Phi) is 3.08. The minimum absolute atomic E-state index is 0.237. The summed E-state index contributed by atoms with van der Waals surface area (Å²) in [5, 5.41) is 9.65. The van der Waals surface area contributed by atoms with Gasteiger partial charge in [-0.2, -0.15) is 0 Å². The molecule has 0 saturated heterocycles. The van der Waals surface area contributed by atoms with Crippen LogP contribution in [0, 0.1) is 5.82 Å². The molecule has 1 saturated carbocycles. The lowest BCUT2D eigenvalue weighted by Crippen LogP contribution is -2.38. The van der Waals surface area contributed by atoms with E-state index >= 15 is 0 Å². The van der Waals surface area contributed by atoms with Gasteiger partial charge >= 0.3 is 5.97 Å². The maximum absolute atomic E-state index is 14.7. The molecule has 1 aromatic rings. The van der Waals surface area contributed by atoms with Crippen LogP contribution in [0.25, 0.3) is 0 Å². The van der Waals surface area contributed by atoms with E-state index in [1.165, 1.54) is 0 Å². The normalized spacial score (nSPS) is 21.1. The third-order valence-electron chi connectivity index (χ3n) is 4.85. The number of fused-ring (bicyclic) bond motifs is 1. The van der Waals surface area contributed by atoms with E-state index in [1.54, 1.807) is 6.07 Å². The average molecular weight is 262 g/mol. The summed E-state index contributed by atoms with van der Waals surface area (Å²) >= 11 is 0. The highest BCUT2D eigenvalue weighted by molar-refractivity contribution is 5.81. The van der Waals surface area contributed by atoms with Crippen LogP contribution >= 0.6 is 0 Å². The van der Waals surface area contributed by atoms with Crippen LogP contribution in [0.15, 0.2) is 12.1 Å². The number of aryl methyl sites for hydroxylation is 1. The van der Waals surface area contributed by atoms with Gasteiger partial charge in [-0.25, -0.2) is 4.39 Å². The SMILES string of the molecule is O=C(O)C1(c2ccc3c(c2F)CCC3)CCCCC1. The maximum atomic E-state index is 14.7. The van der Waals surface area contributed by atoms with Crippen LogP contribution in [0.1, 0.15) is 55.2 Å². The van der Waals surface area contributed by atoms with Crippen molar-refractivity contribution < 1.29 is 14.3 Å². The summed E-state index contributed by atoms with van der Waals surface area (Å²) in [6.45, 7) is 0. The fourth-order valence-electron chi connectivity index (χ4n) is 3.74. The quantitative estimate of drug-likeness (QED) is 0.884. The van der Waals surface area contributed by atoms with E-state index in [1.807, 2.05) is 6.07 Å². The van der Waals surface area contributed by atoms with Gasteiger partial charge in [0.1, 0.15) is 5.82 Å². The highest BCUT2D eigenvalue weighted by Gasteiger charge is 2.43. The molecule has 102 valence electrons. The van der Waals surface area contributed by atoms with Crippen molar-refractivity contribution in [2.24, 2.45) is 0 Å². The first-order valence-corrected chi connectivity index (χ1v) is 7.19. The summed E-state index contributed by atoms with van der Waals surface area (Å²) in [6, 6.07) is 3.68. The predicted octanol–water partition coefficient (Wildman–Crippen LogP) is 3.60. The second kappa shape index (κ2) is 4.62. The molecule has 2 aliphatic rings. The van der Waals surface area contributed by atoms with Gasteiger partial charge in [0, 0.05) is 5.56 Å². The van der Waals surface area contributed by atoms with Crippen molar-refractivity contribution in [2.75, 3.05) is 0 Å². The molecule has 0 unspecified atom stereocenters. The molecule has 0 radical (unpaired) electrons. The zero-order chi connectivity index (χ0) is 13.5. The van der Waals surface area contributed by atoms with Crippen molar-refractivity contribution in [3.05, 3.63) is 34.6 Å². The van der Waals surface area contributed by atoms with Gasteiger partial charge < -0.3 is 5.11 Å². The lowest BCUT2D eigenvalue weighted by molar-refractivity contribution is -0.145. The fraction of sp³-hybridized carbons (Fsp3) is 0.562. The Labute approximate surface area is 112 Å². The summed E-state index contributed by atoms with van der Waals surface area (Å²) in [6.07, 6.45) is 6.61. The third-order valence-corrected chi connectivity index (χ3v) is 4.85. The number of halogens is 1. The van der Waals surface area contributed by atoms with Crippen LogP contribution in [0.4, 0.5) is 4.39 Å². The van der Waals surface area contributed by atoms with E-state index < -0.39 is 11.4 Å². The van der Waals surface area contributed by atoms with Gasteiger partial charge in [-0.05, 0) is 43.2 Å². The predicted molar refractivity (Wildman–Crippen MR) is 70.8 cm³/mol. The molecule has 3 rings (SSSR count). The summed E-state index contributed by atoms with van der Waals surface area (Å²) in [5.74, 6) is -1.09. The van der Waals surface area contributed by atoms with Crippen molar-refractivity contribution in [2.45, 2.75) is 56.8 Å². The lowest BCUT2D eigenvalue weighted by atomic mass is 9.69. The molecule has 2 nitrogen and oxygen atoms in total. The molecule has 0 amide bonds. The lowest BCUT2D eigenvalue weighted by Gasteiger charge is -2.34. The molecule has 1 N–H and O–H groups in total. The van der Waals surface area contributed by atoms with E-state index in [9.17, 15) is 14.3 Å². The minimum atomic E-state index is -0.986. The molecule has 1 fully saturated rings. The molecule has 3 heteroatoms. The topological polar surface area (TPSA) is 37.3 Å².